The third-order valence-electron chi connectivity index (χ3n) is 4.76. The number of hydrogen-bond donors (Lipinski definition) is 1. The molecule has 4 atom stereocenters. The lowest BCUT2D eigenvalue weighted by Crippen LogP contribution is -2.28. The second kappa shape index (κ2) is 8.57. The molecule has 112 valence electrons. The van der Waals surface area contributed by atoms with E-state index in [4.69, 9.17) is 10.5 Å². The Morgan fingerprint density at radius 3 is 2.58 bits per heavy atom. The minimum atomic E-state index is -0.0118. The molecule has 0 aromatic carbocycles. The summed E-state index contributed by atoms with van der Waals surface area (Å²) >= 11 is 0. The van der Waals surface area contributed by atoms with Gasteiger partial charge in [-0.25, -0.2) is 0 Å². The van der Waals surface area contributed by atoms with E-state index in [0.29, 0.717) is 24.8 Å². The summed E-state index contributed by atoms with van der Waals surface area (Å²) in [5.74, 6) is 2.00. The number of carbonyl (C=O) groups is 1. The first kappa shape index (κ1) is 16.5. The Kier molecular flexibility index (Phi) is 7.44. The van der Waals surface area contributed by atoms with Crippen LogP contribution in [0, 0.1) is 17.8 Å². The zero-order valence-corrected chi connectivity index (χ0v) is 12.9. The Morgan fingerprint density at radius 2 is 2.00 bits per heavy atom. The molecule has 3 nitrogen and oxygen atoms in total. The Bertz CT molecular complexity index is 267. The van der Waals surface area contributed by atoms with Crippen LogP contribution in [0.25, 0.3) is 0 Å². The average molecular weight is 269 g/mol. The van der Waals surface area contributed by atoms with Crippen LogP contribution in [-0.4, -0.2) is 18.6 Å². The van der Waals surface area contributed by atoms with Crippen molar-refractivity contribution >= 4 is 5.97 Å². The van der Waals surface area contributed by atoms with Crippen LogP contribution in [-0.2, 0) is 9.53 Å². The fraction of sp³-hybridized carbons (Fsp3) is 0.938. The molecule has 1 aliphatic carbocycles. The molecule has 1 saturated carbocycles. The van der Waals surface area contributed by atoms with Gasteiger partial charge < -0.3 is 10.5 Å². The summed E-state index contributed by atoms with van der Waals surface area (Å²) in [5, 5.41) is 0. The summed E-state index contributed by atoms with van der Waals surface area (Å²) in [6, 6.07) is 0. The van der Waals surface area contributed by atoms with Gasteiger partial charge >= 0.3 is 5.97 Å². The molecule has 0 amide bonds. The molecule has 0 aromatic heterocycles. The van der Waals surface area contributed by atoms with Crippen molar-refractivity contribution in [2.75, 3.05) is 6.54 Å². The number of nitrogens with two attached hydrogens (primary N) is 1. The number of rotatable bonds is 7. The molecule has 0 aromatic rings. The van der Waals surface area contributed by atoms with Gasteiger partial charge in [0.2, 0.25) is 0 Å². The van der Waals surface area contributed by atoms with E-state index in [1.807, 2.05) is 0 Å². The molecular formula is C16H31NO2. The van der Waals surface area contributed by atoms with Gasteiger partial charge in [0, 0.05) is 6.42 Å². The largest absolute Gasteiger partial charge is 0.462 e. The van der Waals surface area contributed by atoms with Crippen molar-refractivity contribution in [3.05, 3.63) is 0 Å². The van der Waals surface area contributed by atoms with Gasteiger partial charge in [-0.1, -0.05) is 27.2 Å². The highest BCUT2D eigenvalue weighted by Crippen LogP contribution is 2.31. The molecule has 0 radical (unpaired) electrons. The Hall–Kier alpha value is -0.570. The van der Waals surface area contributed by atoms with Gasteiger partial charge in [0.15, 0.2) is 0 Å². The summed E-state index contributed by atoms with van der Waals surface area (Å²) < 4.78 is 5.61. The zero-order chi connectivity index (χ0) is 14.3. The summed E-state index contributed by atoms with van der Waals surface area (Å²) in [7, 11) is 0. The Morgan fingerprint density at radius 1 is 1.26 bits per heavy atom. The van der Waals surface area contributed by atoms with Crippen LogP contribution < -0.4 is 5.73 Å². The first-order valence-electron chi connectivity index (χ1n) is 7.96. The van der Waals surface area contributed by atoms with Crippen LogP contribution >= 0.6 is 0 Å². The van der Waals surface area contributed by atoms with E-state index >= 15 is 0 Å². The van der Waals surface area contributed by atoms with Gasteiger partial charge in [0.25, 0.3) is 0 Å². The van der Waals surface area contributed by atoms with Crippen LogP contribution in [0.1, 0.15) is 65.7 Å². The lowest BCUT2D eigenvalue weighted by molar-refractivity contribution is -0.152. The normalized spacial score (nSPS) is 28.9. The molecule has 0 heterocycles. The van der Waals surface area contributed by atoms with Crippen LogP contribution in [0.5, 0.6) is 0 Å². The van der Waals surface area contributed by atoms with Crippen LogP contribution in [0.2, 0.25) is 0 Å². The molecule has 3 heteroatoms. The van der Waals surface area contributed by atoms with E-state index in [0.717, 1.165) is 38.0 Å². The lowest BCUT2D eigenvalue weighted by atomic mass is 9.80. The van der Waals surface area contributed by atoms with Crippen LogP contribution in [0.4, 0.5) is 0 Å². The van der Waals surface area contributed by atoms with Gasteiger partial charge in [-0.05, 0) is 56.4 Å². The molecule has 0 spiro atoms. The number of hydrogen-bond acceptors (Lipinski definition) is 3. The number of esters is 1. The minimum Gasteiger partial charge on any atom is -0.462 e. The van der Waals surface area contributed by atoms with Gasteiger partial charge in [-0.3, -0.25) is 4.79 Å². The number of ether oxygens (including phenoxy) is 1. The zero-order valence-electron chi connectivity index (χ0n) is 12.9. The highest BCUT2D eigenvalue weighted by molar-refractivity contribution is 5.69. The first-order chi connectivity index (χ1) is 9.06. The third kappa shape index (κ3) is 5.94. The quantitative estimate of drug-likeness (QED) is 0.720. The Labute approximate surface area is 118 Å². The van der Waals surface area contributed by atoms with E-state index < -0.39 is 0 Å². The molecule has 1 aliphatic rings. The average Bonchev–Trinajstić information content (AvgIpc) is 2.39. The minimum absolute atomic E-state index is 0.0118. The molecule has 19 heavy (non-hydrogen) atoms. The van der Waals surface area contributed by atoms with Crippen molar-refractivity contribution in [1.29, 1.82) is 0 Å². The molecular weight excluding hydrogens is 238 g/mol. The maximum Gasteiger partial charge on any atom is 0.306 e. The predicted molar refractivity (Wildman–Crippen MR) is 78.7 cm³/mol. The first-order valence-corrected chi connectivity index (χ1v) is 7.96. The van der Waals surface area contributed by atoms with Crippen molar-refractivity contribution in [2.24, 2.45) is 23.5 Å². The summed E-state index contributed by atoms with van der Waals surface area (Å²) in [6.45, 7) is 7.43. The second-order valence-electron chi connectivity index (χ2n) is 6.27. The van der Waals surface area contributed by atoms with Gasteiger partial charge in [-0.15, -0.1) is 0 Å². The van der Waals surface area contributed by atoms with Gasteiger partial charge in [0.05, 0.1) is 0 Å². The maximum absolute atomic E-state index is 11.9. The van der Waals surface area contributed by atoms with Crippen molar-refractivity contribution in [3.63, 3.8) is 0 Å². The van der Waals surface area contributed by atoms with E-state index in [1.165, 1.54) is 6.42 Å². The highest BCUT2D eigenvalue weighted by atomic mass is 16.5. The maximum atomic E-state index is 11.9. The standard InChI is InChI=1S/C16H31NO2/c1-4-14(9-10-17)6-8-16(18)19-15-7-5-12(2)13(3)11-15/h12-15H,4-11,17H2,1-3H3. The fourth-order valence-electron chi connectivity index (χ4n) is 2.96. The van der Waals surface area contributed by atoms with Crippen LogP contribution in [0.3, 0.4) is 0 Å². The summed E-state index contributed by atoms with van der Waals surface area (Å²) in [6.07, 6.45) is 7.01. The smallest absolute Gasteiger partial charge is 0.306 e. The Balaban J connectivity index is 2.23. The van der Waals surface area contributed by atoms with Crippen molar-refractivity contribution in [1.82, 2.24) is 0 Å². The SMILES string of the molecule is CCC(CCN)CCC(=O)OC1CCC(C)C(C)C1. The van der Waals surface area contributed by atoms with Crippen molar-refractivity contribution in [2.45, 2.75) is 71.8 Å². The molecule has 0 aliphatic heterocycles. The second-order valence-corrected chi connectivity index (χ2v) is 6.27. The van der Waals surface area contributed by atoms with Gasteiger partial charge in [0.1, 0.15) is 6.10 Å². The van der Waals surface area contributed by atoms with Gasteiger partial charge in [-0.2, -0.15) is 0 Å². The van der Waals surface area contributed by atoms with Crippen molar-refractivity contribution < 1.29 is 9.53 Å². The van der Waals surface area contributed by atoms with E-state index in [-0.39, 0.29) is 12.1 Å². The molecule has 0 bridgehead atoms. The van der Waals surface area contributed by atoms with E-state index in [2.05, 4.69) is 20.8 Å². The highest BCUT2D eigenvalue weighted by Gasteiger charge is 2.26. The molecule has 1 fully saturated rings. The summed E-state index contributed by atoms with van der Waals surface area (Å²) in [5.41, 5.74) is 5.57. The molecule has 4 unspecified atom stereocenters. The molecule has 0 saturated heterocycles. The monoisotopic (exact) mass is 269 g/mol. The summed E-state index contributed by atoms with van der Waals surface area (Å²) in [4.78, 5) is 11.9. The molecule has 1 rings (SSSR count). The van der Waals surface area contributed by atoms with E-state index in [1.54, 1.807) is 0 Å². The van der Waals surface area contributed by atoms with E-state index in [9.17, 15) is 4.79 Å². The fourth-order valence-corrected chi connectivity index (χ4v) is 2.96. The number of carbonyl (C=O) groups excluding carboxylic acids is 1. The van der Waals surface area contributed by atoms with Crippen LogP contribution in [0.15, 0.2) is 0 Å². The topological polar surface area (TPSA) is 52.3 Å². The predicted octanol–water partition coefficient (Wildman–Crippen LogP) is 3.51. The third-order valence-corrected chi connectivity index (χ3v) is 4.76. The lowest BCUT2D eigenvalue weighted by Gasteiger charge is -2.31. The van der Waals surface area contributed by atoms with Crippen molar-refractivity contribution in [3.8, 4) is 0 Å². The molecule has 2 N–H and O–H groups in total.